The SMILES string of the molecule is CCOC(=O)c1ccccc1C(=O)/C(C(=C=N)C(=O)OC)=C(\C#N)C(=O)OC. The third kappa shape index (κ3) is 4.58. The van der Waals surface area contributed by atoms with Gasteiger partial charge in [-0.1, -0.05) is 18.2 Å². The second kappa shape index (κ2) is 10.2. The zero-order valence-corrected chi connectivity index (χ0v) is 15.3. The van der Waals surface area contributed by atoms with Crippen molar-refractivity contribution in [2.24, 2.45) is 0 Å². The molecule has 28 heavy (non-hydrogen) atoms. The number of ketones is 1. The molecule has 1 rings (SSSR count). The van der Waals surface area contributed by atoms with Crippen LogP contribution in [-0.4, -0.2) is 50.4 Å². The van der Waals surface area contributed by atoms with Crippen LogP contribution < -0.4 is 0 Å². The van der Waals surface area contributed by atoms with Crippen LogP contribution in [0.5, 0.6) is 0 Å². The summed E-state index contributed by atoms with van der Waals surface area (Å²) in [6, 6.07) is 6.95. The summed E-state index contributed by atoms with van der Waals surface area (Å²) < 4.78 is 13.9. The fraction of sp³-hybridized carbons (Fsp3) is 0.211. The van der Waals surface area contributed by atoms with E-state index in [2.05, 4.69) is 9.47 Å². The van der Waals surface area contributed by atoms with E-state index in [-0.39, 0.29) is 17.7 Å². The molecule has 0 amide bonds. The highest BCUT2D eigenvalue weighted by Gasteiger charge is 2.32. The number of hydrogen-bond donors (Lipinski definition) is 1. The summed E-state index contributed by atoms with van der Waals surface area (Å²) in [5, 5.41) is 16.7. The van der Waals surface area contributed by atoms with Crippen LogP contribution >= 0.6 is 0 Å². The zero-order valence-electron chi connectivity index (χ0n) is 15.3. The van der Waals surface area contributed by atoms with Gasteiger partial charge in [0.25, 0.3) is 0 Å². The summed E-state index contributed by atoms with van der Waals surface area (Å²) in [5.41, 5.74) is -2.78. The number of ether oxygens (including phenoxy) is 3. The first-order valence-electron chi connectivity index (χ1n) is 7.79. The molecule has 0 unspecified atom stereocenters. The Bertz CT molecular complexity index is 947. The van der Waals surface area contributed by atoms with Gasteiger partial charge in [0.2, 0.25) is 0 Å². The number of rotatable bonds is 7. The average Bonchev–Trinajstić information content (AvgIpc) is 2.72. The van der Waals surface area contributed by atoms with Gasteiger partial charge in [-0.15, -0.1) is 0 Å². The summed E-state index contributed by atoms with van der Waals surface area (Å²) in [5.74, 6) is -2.55. The molecule has 0 heterocycles. The minimum absolute atomic E-state index is 0.0451. The van der Waals surface area contributed by atoms with Crippen molar-refractivity contribution in [2.45, 2.75) is 6.92 Å². The van der Waals surface area contributed by atoms with Gasteiger partial charge in [0, 0.05) is 5.56 Å². The number of methoxy groups -OCH3 is 2. The summed E-state index contributed by atoms with van der Waals surface area (Å²) in [6.45, 7) is 1.62. The molecule has 0 aliphatic rings. The van der Waals surface area contributed by atoms with Gasteiger partial charge in [-0.25, -0.2) is 14.4 Å². The fourth-order valence-electron chi connectivity index (χ4n) is 2.18. The van der Waals surface area contributed by atoms with Crippen LogP contribution in [0.25, 0.3) is 0 Å². The maximum atomic E-state index is 13.1. The molecule has 0 aliphatic carbocycles. The van der Waals surface area contributed by atoms with Gasteiger partial charge in [0.05, 0.1) is 32.0 Å². The van der Waals surface area contributed by atoms with Crippen molar-refractivity contribution in [1.29, 1.82) is 10.7 Å². The topological polar surface area (TPSA) is 144 Å². The average molecular weight is 384 g/mol. The predicted molar refractivity (Wildman–Crippen MR) is 94.6 cm³/mol. The van der Waals surface area contributed by atoms with Crippen molar-refractivity contribution in [3.05, 3.63) is 52.1 Å². The Balaban J connectivity index is 3.83. The molecule has 0 bridgehead atoms. The van der Waals surface area contributed by atoms with E-state index < -0.39 is 40.4 Å². The molecule has 0 saturated heterocycles. The molecular formula is C19H16N2O7. The molecule has 144 valence electrons. The smallest absolute Gasteiger partial charge is 0.349 e. The molecule has 1 aromatic carbocycles. The van der Waals surface area contributed by atoms with Crippen LogP contribution in [-0.2, 0) is 23.8 Å². The molecule has 0 radical (unpaired) electrons. The van der Waals surface area contributed by atoms with Crippen LogP contribution in [0.3, 0.4) is 0 Å². The second-order valence-electron chi connectivity index (χ2n) is 4.94. The van der Waals surface area contributed by atoms with Crippen LogP contribution in [0.4, 0.5) is 0 Å². The Morgan fingerprint density at radius 2 is 1.61 bits per heavy atom. The van der Waals surface area contributed by atoms with E-state index in [1.807, 2.05) is 0 Å². The summed E-state index contributed by atoms with van der Waals surface area (Å²) in [6.07, 6.45) is 0. The van der Waals surface area contributed by atoms with Crippen molar-refractivity contribution in [1.82, 2.24) is 0 Å². The minimum Gasteiger partial charge on any atom is -0.465 e. The van der Waals surface area contributed by atoms with Crippen molar-refractivity contribution >= 4 is 29.6 Å². The lowest BCUT2D eigenvalue weighted by molar-refractivity contribution is -0.135. The highest BCUT2D eigenvalue weighted by molar-refractivity contribution is 6.25. The first-order chi connectivity index (χ1) is 13.4. The molecule has 0 saturated carbocycles. The molecule has 9 heteroatoms. The molecule has 9 nitrogen and oxygen atoms in total. The second-order valence-corrected chi connectivity index (χ2v) is 4.94. The van der Waals surface area contributed by atoms with Gasteiger partial charge in [-0.05, 0) is 18.9 Å². The van der Waals surface area contributed by atoms with E-state index in [1.165, 1.54) is 30.3 Å². The molecule has 0 aliphatic heterocycles. The van der Waals surface area contributed by atoms with Gasteiger partial charge in [-0.2, -0.15) is 5.26 Å². The summed E-state index contributed by atoms with van der Waals surface area (Å²) >= 11 is 0. The Hall–Kier alpha value is -4.02. The molecule has 0 fully saturated rings. The fourth-order valence-corrected chi connectivity index (χ4v) is 2.18. The zero-order chi connectivity index (χ0) is 21.3. The highest BCUT2D eigenvalue weighted by atomic mass is 16.5. The third-order valence-corrected chi connectivity index (χ3v) is 3.41. The van der Waals surface area contributed by atoms with Gasteiger partial charge in [0.15, 0.2) is 5.78 Å². The number of Topliss-reactive ketones (excluding diaryl/α,β-unsaturated/α-hetero) is 1. The normalized spacial score (nSPS) is 10.5. The molecule has 0 atom stereocenters. The predicted octanol–water partition coefficient (Wildman–Crippen LogP) is 1.39. The van der Waals surface area contributed by atoms with Crippen molar-refractivity contribution in [3.63, 3.8) is 0 Å². The monoisotopic (exact) mass is 384 g/mol. The van der Waals surface area contributed by atoms with Crippen LogP contribution in [0.2, 0.25) is 0 Å². The quantitative estimate of drug-likeness (QED) is 0.141. The van der Waals surface area contributed by atoms with E-state index in [0.29, 0.717) is 0 Å². The molecule has 1 N–H and O–H groups in total. The largest absolute Gasteiger partial charge is 0.465 e. The standard InChI is InChI=1S/C19H16N2O7/c1-4-28-19(25)12-8-6-5-7-11(12)16(22)15(13(9-20)17(23)26-2)14(10-21)18(24)27-3/h5-8,20H,4H2,1-3H3/b15-14+. The van der Waals surface area contributed by atoms with E-state index in [9.17, 15) is 24.4 Å². The Labute approximate surface area is 160 Å². The Morgan fingerprint density at radius 3 is 2.07 bits per heavy atom. The number of carbonyl (C=O) groups is 4. The van der Waals surface area contributed by atoms with Crippen LogP contribution in [0.15, 0.2) is 41.0 Å². The van der Waals surface area contributed by atoms with Crippen molar-refractivity contribution < 1.29 is 33.4 Å². The molecule has 0 spiro atoms. The number of hydrogen-bond acceptors (Lipinski definition) is 9. The van der Waals surface area contributed by atoms with Gasteiger partial charge in [-0.3, -0.25) is 10.2 Å². The minimum atomic E-state index is -1.21. The lowest BCUT2D eigenvalue weighted by atomic mass is 9.90. The van der Waals surface area contributed by atoms with Crippen molar-refractivity contribution in [2.75, 3.05) is 20.8 Å². The molecule has 0 aromatic heterocycles. The molecule has 1 aromatic rings. The third-order valence-electron chi connectivity index (χ3n) is 3.41. The number of esters is 3. The van der Waals surface area contributed by atoms with E-state index in [4.69, 9.17) is 10.1 Å². The summed E-state index contributed by atoms with van der Waals surface area (Å²) in [7, 11) is 1.96. The maximum Gasteiger partial charge on any atom is 0.349 e. The number of benzene rings is 1. The highest BCUT2D eigenvalue weighted by Crippen LogP contribution is 2.23. The first kappa shape index (κ1) is 22.0. The number of nitriles is 1. The number of nitrogens with one attached hydrogen (secondary N) is 1. The van der Waals surface area contributed by atoms with Gasteiger partial charge >= 0.3 is 17.9 Å². The maximum absolute atomic E-state index is 13.1. The number of carbonyl (C=O) groups excluding carboxylic acids is 4. The lowest BCUT2D eigenvalue weighted by Crippen LogP contribution is -2.21. The molecular weight excluding hydrogens is 368 g/mol. The van der Waals surface area contributed by atoms with Crippen LogP contribution in [0.1, 0.15) is 27.6 Å². The Kier molecular flexibility index (Phi) is 8.03. The number of nitrogens with zero attached hydrogens (tertiary/aromatic N) is 1. The lowest BCUT2D eigenvalue weighted by Gasteiger charge is -2.12. The summed E-state index contributed by atoms with van der Waals surface area (Å²) in [4.78, 5) is 49.3. The van der Waals surface area contributed by atoms with Crippen LogP contribution in [0, 0.1) is 16.7 Å². The Morgan fingerprint density at radius 1 is 1.04 bits per heavy atom. The van der Waals surface area contributed by atoms with Gasteiger partial charge < -0.3 is 14.2 Å². The van der Waals surface area contributed by atoms with E-state index in [1.54, 1.807) is 12.8 Å². The van der Waals surface area contributed by atoms with E-state index >= 15 is 0 Å². The first-order valence-corrected chi connectivity index (χ1v) is 7.79. The van der Waals surface area contributed by atoms with Gasteiger partial charge in [0.1, 0.15) is 17.2 Å². The van der Waals surface area contributed by atoms with Crippen molar-refractivity contribution in [3.8, 4) is 6.07 Å². The van der Waals surface area contributed by atoms with E-state index in [0.717, 1.165) is 14.2 Å².